The number of imide groups is 1. The van der Waals surface area contributed by atoms with Gasteiger partial charge < -0.3 is 5.32 Å². The Morgan fingerprint density at radius 3 is 2.62 bits per heavy atom. The number of rotatable bonds is 3. The number of nitrogens with one attached hydrogen (secondary N) is 1. The molecule has 1 saturated carbocycles. The van der Waals surface area contributed by atoms with Crippen molar-refractivity contribution < 1.29 is 9.59 Å². The molecule has 24 heavy (non-hydrogen) atoms. The summed E-state index contributed by atoms with van der Waals surface area (Å²) in [5.41, 5.74) is 0.252. The van der Waals surface area contributed by atoms with Gasteiger partial charge in [0.05, 0.1) is 6.21 Å². The molecule has 3 amide bonds. The van der Waals surface area contributed by atoms with E-state index in [0.29, 0.717) is 23.2 Å². The first-order valence-corrected chi connectivity index (χ1v) is 8.92. The SMILES string of the molecule is CC1CCC2(CC1)NC(=O)N(N=C/C(Br)=C\c1ccccc1)C2=O. The number of nitrogens with zero attached hydrogens (tertiary/aromatic N) is 2. The van der Waals surface area contributed by atoms with Crippen molar-refractivity contribution in [2.45, 2.75) is 38.1 Å². The van der Waals surface area contributed by atoms with Crippen LogP contribution in [0.15, 0.2) is 39.9 Å². The fourth-order valence-corrected chi connectivity index (χ4v) is 3.52. The molecule has 0 bridgehead atoms. The minimum Gasteiger partial charge on any atom is -0.321 e. The van der Waals surface area contributed by atoms with Crippen LogP contribution in [-0.4, -0.2) is 28.7 Å². The fourth-order valence-electron chi connectivity index (χ4n) is 3.16. The molecule has 1 aromatic rings. The van der Waals surface area contributed by atoms with E-state index in [2.05, 4.69) is 33.3 Å². The van der Waals surface area contributed by atoms with Gasteiger partial charge in [-0.25, -0.2) is 4.79 Å². The topological polar surface area (TPSA) is 61.8 Å². The molecule has 0 unspecified atom stereocenters. The first-order chi connectivity index (χ1) is 11.5. The van der Waals surface area contributed by atoms with Gasteiger partial charge in [-0.1, -0.05) is 37.3 Å². The van der Waals surface area contributed by atoms with Crippen LogP contribution in [0.1, 0.15) is 38.2 Å². The molecule has 1 N–H and O–H groups in total. The van der Waals surface area contributed by atoms with Crippen molar-refractivity contribution in [3.05, 3.63) is 40.4 Å². The zero-order chi connectivity index (χ0) is 17.2. The highest BCUT2D eigenvalue weighted by atomic mass is 79.9. The Balaban J connectivity index is 1.72. The van der Waals surface area contributed by atoms with Crippen LogP contribution < -0.4 is 5.32 Å². The number of amides is 3. The lowest BCUT2D eigenvalue weighted by Crippen LogP contribution is -2.49. The molecule has 5 nitrogen and oxygen atoms in total. The highest BCUT2D eigenvalue weighted by molar-refractivity contribution is 9.12. The number of hydrazone groups is 1. The van der Waals surface area contributed by atoms with Gasteiger partial charge in [-0.2, -0.15) is 5.10 Å². The number of hydrogen-bond donors (Lipinski definition) is 1. The zero-order valence-corrected chi connectivity index (χ0v) is 15.1. The Morgan fingerprint density at radius 2 is 1.96 bits per heavy atom. The van der Waals surface area contributed by atoms with Gasteiger partial charge in [0.2, 0.25) is 0 Å². The van der Waals surface area contributed by atoms with E-state index in [-0.39, 0.29) is 5.91 Å². The van der Waals surface area contributed by atoms with Gasteiger partial charge in [0, 0.05) is 4.48 Å². The third-order valence-electron chi connectivity index (χ3n) is 4.67. The summed E-state index contributed by atoms with van der Waals surface area (Å²) < 4.78 is 0.688. The van der Waals surface area contributed by atoms with Crippen LogP contribution in [0.4, 0.5) is 4.79 Å². The Hall–Kier alpha value is -1.95. The van der Waals surface area contributed by atoms with E-state index in [1.165, 1.54) is 6.21 Å². The molecule has 1 heterocycles. The first-order valence-electron chi connectivity index (χ1n) is 8.13. The second-order valence-corrected chi connectivity index (χ2v) is 7.41. The number of carbonyl (C=O) groups excluding carboxylic acids is 2. The highest BCUT2D eigenvalue weighted by Crippen LogP contribution is 2.36. The van der Waals surface area contributed by atoms with E-state index in [1.807, 2.05) is 36.4 Å². The van der Waals surface area contributed by atoms with Gasteiger partial charge in [-0.3, -0.25) is 4.79 Å². The van der Waals surface area contributed by atoms with Crippen LogP contribution in [0.25, 0.3) is 6.08 Å². The number of halogens is 1. The van der Waals surface area contributed by atoms with E-state index >= 15 is 0 Å². The minimum atomic E-state index is -0.753. The fraction of sp³-hybridized carbons (Fsp3) is 0.389. The molecule has 0 aromatic heterocycles. The summed E-state index contributed by atoms with van der Waals surface area (Å²) in [7, 11) is 0. The van der Waals surface area contributed by atoms with Gasteiger partial charge in [0.15, 0.2) is 0 Å². The number of carbonyl (C=O) groups is 2. The molecule has 3 rings (SSSR count). The highest BCUT2D eigenvalue weighted by Gasteiger charge is 2.52. The number of urea groups is 1. The van der Waals surface area contributed by atoms with E-state index in [1.54, 1.807) is 0 Å². The van der Waals surface area contributed by atoms with Gasteiger partial charge in [-0.15, -0.1) is 5.01 Å². The van der Waals surface area contributed by atoms with E-state index in [9.17, 15) is 9.59 Å². The molecular formula is C18H20BrN3O2. The second kappa shape index (κ2) is 6.89. The van der Waals surface area contributed by atoms with Crippen LogP contribution in [0, 0.1) is 5.92 Å². The van der Waals surface area contributed by atoms with Gasteiger partial charge in [0.1, 0.15) is 5.54 Å². The monoisotopic (exact) mass is 389 g/mol. The van der Waals surface area contributed by atoms with Gasteiger partial charge in [-0.05, 0) is 59.2 Å². The van der Waals surface area contributed by atoms with Gasteiger partial charge >= 0.3 is 6.03 Å². The molecule has 0 radical (unpaired) electrons. The van der Waals surface area contributed by atoms with Crippen molar-refractivity contribution >= 4 is 40.2 Å². The Labute approximate surface area is 149 Å². The smallest absolute Gasteiger partial charge is 0.321 e. The van der Waals surface area contributed by atoms with Crippen molar-refractivity contribution in [1.82, 2.24) is 10.3 Å². The Bertz CT molecular complexity index is 691. The van der Waals surface area contributed by atoms with Crippen molar-refractivity contribution in [2.75, 3.05) is 0 Å². The maximum atomic E-state index is 12.7. The lowest BCUT2D eigenvalue weighted by atomic mass is 9.77. The largest absolute Gasteiger partial charge is 0.346 e. The minimum absolute atomic E-state index is 0.240. The third kappa shape index (κ3) is 3.43. The van der Waals surface area contributed by atoms with Crippen LogP contribution in [0.5, 0.6) is 0 Å². The normalized spacial score (nSPS) is 28.0. The van der Waals surface area contributed by atoms with Crippen LogP contribution in [0.2, 0.25) is 0 Å². The van der Waals surface area contributed by atoms with Crippen molar-refractivity contribution in [3.63, 3.8) is 0 Å². The lowest BCUT2D eigenvalue weighted by Gasteiger charge is -2.33. The van der Waals surface area contributed by atoms with E-state index in [4.69, 9.17) is 0 Å². The van der Waals surface area contributed by atoms with Crippen molar-refractivity contribution in [1.29, 1.82) is 0 Å². The summed E-state index contributed by atoms with van der Waals surface area (Å²) in [5.74, 6) is 0.358. The molecule has 2 fully saturated rings. The summed E-state index contributed by atoms with van der Waals surface area (Å²) in [6.45, 7) is 2.18. The summed E-state index contributed by atoms with van der Waals surface area (Å²) in [4.78, 5) is 24.8. The predicted molar refractivity (Wildman–Crippen MR) is 97.6 cm³/mol. The quantitative estimate of drug-likeness (QED) is 0.629. The average Bonchev–Trinajstić information content (AvgIpc) is 2.80. The molecule has 6 heteroatoms. The van der Waals surface area contributed by atoms with Crippen LogP contribution in [-0.2, 0) is 4.79 Å². The number of hydrogen-bond acceptors (Lipinski definition) is 3. The average molecular weight is 390 g/mol. The third-order valence-corrected chi connectivity index (χ3v) is 5.10. The maximum absolute atomic E-state index is 12.7. The van der Waals surface area contributed by atoms with E-state index < -0.39 is 11.6 Å². The summed E-state index contributed by atoms with van der Waals surface area (Å²) in [5, 5.41) is 7.89. The lowest BCUT2D eigenvalue weighted by molar-refractivity contribution is -0.132. The molecule has 1 aliphatic heterocycles. The first kappa shape index (κ1) is 16.9. The maximum Gasteiger partial charge on any atom is 0.346 e. The van der Waals surface area contributed by atoms with Gasteiger partial charge in [0.25, 0.3) is 5.91 Å². The van der Waals surface area contributed by atoms with Crippen LogP contribution >= 0.6 is 15.9 Å². The number of benzene rings is 1. The Morgan fingerprint density at radius 1 is 1.29 bits per heavy atom. The summed E-state index contributed by atoms with van der Waals surface area (Å²) in [6, 6.07) is 9.30. The van der Waals surface area contributed by atoms with E-state index in [0.717, 1.165) is 23.4 Å². The molecule has 1 aliphatic carbocycles. The zero-order valence-electron chi connectivity index (χ0n) is 13.5. The molecule has 1 spiro atoms. The molecule has 0 atom stereocenters. The standard InChI is InChI=1S/C18H20BrN3O2/c1-13-7-9-18(10-8-13)16(23)22(17(24)21-18)20-12-15(19)11-14-5-3-2-4-6-14/h2-6,11-13H,7-10H2,1H3,(H,21,24)/b15-11+,20-12?. The predicted octanol–water partition coefficient (Wildman–Crippen LogP) is 3.91. The molecule has 1 aromatic carbocycles. The van der Waals surface area contributed by atoms with Crippen molar-refractivity contribution in [3.8, 4) is 0 Å². The van der Waals surface area contributed by atoms with Crippen molar-refractivity contribution in [2.24, 2.45) is 11.0 Å². The molecule has 1 saturated heterocycles. The summed E-state index contributed by atoms with van der Waals surface area (Å²) in [6.07, 6.45) is 6.62. The molecular weight excluding hydrogens is 370 g/mol. The Kier molecular flexibility index (Phi) is 4.85. The second-order valence-electron chi connectivity index (χ2n) is 6.50. The van der Waals surface area contributed by atoms with Crippen LogP contribution in [0.3, 0.4) is 0 Å². The summed E-state index contributed by atoms with van der Waals surface area (Å²) >= 11 is 3.40. The number of allylic oxidation sites excluding steroid dienone is 1. The molecule has 2 aliphatic rings. The molecule has 126 valence electrons.